The number of hydrogen-bond acceptors (Lipinski definition) is 5. The number of carbonyl (C=O) groups is 4. The van der Waals surface area contributed by atoms with Gasteiger partial charge in [0.1, 0.15) is 0 Å². The van der Waals surface area contributed by atoms with Gasteiger partial charge in [0, 0.05) is 28.2 Å². The van der Waals surface area contributed by atoms with Gasteiger partial charge in [-0.15, -0.1) is 0 Å². The molecule has 6 nitrogen and oxygen atoms in total. The summed E-state index contributed by atoms with van der Waals surface area (Å²) >= 11 is 9.16. The number of fused-ring (bicyclic) bond motifs is 3. The van der Waals surface area contributed by atoms with Gasteiger partial charge < -0.3 is 5.11 Å². The van der Waals surface area contributed by atoms with Gasteiger partial charge in [0.2, 0.25) is 11.8 Å². The molecule has 2 amide bonds. The quantitative estimate of drug-likeness (QED) is 0.300. The van der Waals surface area contributed by atoms with E-state index in [9.17, 15) is 28.7 Å². The van der Waals surface area contributed by atoms with Crippen LogP contribution < -0.4 is 4.90 Å². The second kappa shape index (κ2) is 8.60. The number of nitrogens with zero attached hydrogens (tertiary/aromatic N) is 1. The van der Waals surface area contributed by atoms with Crippen molar-refractivity contribution in [3.8, 4) is 5.75 Å². The molecule has 3 aliphatic carbocycles. The van der Waals surface area contributed by atoms with Crippen LogP contribution >= 0.6 is 27.5 Å². The van der Waals surface area contributed by atoms with Gasteiger partial charge in [0.15, 0.2) is 23.1 Å². The van der Waals surface area contributed by atoms with Crippen LogP contribution in [0.1, 0.15) is 24.3 Å². The first-order valence-electron chi connectivity index (χ1n) is 11.7. The molecule has 1 aliphatic heterocycles. The number of benzene rings is 2. The molecule has 186 valence electrons. The summed E-state index contributed by atoms with van der Waals surface area (Å²) in [4.78, 5) is 54.7. The van der Waals surface area contributed by atoms with Gasteiger partial charge in [-0.05, 0) is 76.7 Å². The van der Waals surface area contributed by atoms with Gasteiger partial charge in [-0.1, -0.05) is 29.3 Å². The molecule has 1 fully saturated rings. The lowest BCUT2D eigenvalue weighted by molar-refractivity contribution is -0.123. The van der Waals surface area contributed by atoms with Crippen LogP contribution in [0.3, 0.4) is 0 Å². The molecule has 0 bridgehead atoms. The maximum absolute atomic E-state index is 14.4. The lowest BCUT2D eigenvalue weighted by Crippen LogP contribution is -2.39. The number of carbonyl (C=O) groups excluding carboxylic acids is 4. The third kappa shape index (κ3) is 3.57. The van der Waals surface area contributed by atoms with Crippen LogP contribution in [0.15, 0.2) is 75.8 Å². The van der Waals surface area contributed by atoms with Crippen molar-refractivity contribution in [3.63, 3.8) is 0 Å². The van der Waals surface area contributed by atoms with Crippen molar-refractivity contribution in [1.29, 1.82) is 0 Å². The highest BCUT2D eigenvalue weighted by atomic mass is 79.9. The Balaban J connectivity index is 1.49. The number of phenolic OH excluding ortho intramolecular Hbond substituents is 1. The maximum atomic E-state index is 14.4. The van der Waals surface area contributed by atoms with Gasteiger partial charge in [-0.25, -0.2) is 4.39 Å². The molecular weight excluding hydrogens is 565 g/mol. The number of rotatable bonds is 2. The van der Waals surface area contributed by atoms with Crippen LogP contribution in [0, 0.1) is 23.6 Å². The van der Waals surface area contributed by atoms with Crippen LogP contribution in [0.4, 0.5) is 10.1 Å². The van der Waals surface area contributed by atoms with E-state index in [1.807, 2.05) is 6.08 Å². The third-order valence-electron chi connectivity index (χ3n) is 7.72. The van der Waals surface area contributed by atoms with Crippen LogP contribution in [0.2, 0.25) is 5.02 Å². The first kappa shape index (κ1) is 24.0. The van der Waals surface area contributed by atoms with E-state index in [-0.39, 0.29) is 51.9 Å². The summed E-state index contributed by atoms with van der Waals surface area (Å²) < 4.78 is 14.6. The summed E-state index contributed by atoms with van der Waals surface area (Å²) in [5, 5.41) is 10.2. The molecule has 1 heterocycles. The van der Waals surface area contributed by atoms with Gasteiger partial charge in [0.05, 0.1) is 22.0 Å². The minimum atomic E-state index is -0.858. The van der Waals surface area contributed by atoms with Crippen LogP contribution in [0.5, 0.6) is 5.75 Å². The molecule has 0 aromatic heterocycles. The highest BCUT2D eigenvalue weighted by Crippen LogP contribution is 2.55. The largest absolute Gasteiger partial charge is 0.505 e. The Labute approximate surface area is 224 Å². The zero-order valence-electron chi connectivity index (χ0n) is 19.1. The molecule has 1 saturated heterocycles. The molecule has 0 spiro atoms. The number of Topliss-reactive ketones (excluding diaryl/α,β-unsaturated/α-hetero) is 1. The second-order valence-electron chi connectivity index (χ2n) is 9.59. The smallest absolute Gasteiger partial charge is 0.238 e. The highest BCUT2D eigenvalue weighted by molar-refractivity contribution is 9.12. The zero-order chi connectivity index (χ0) is 26.2. The van der Waals surface area contributed by atoms with Crippen LogP contribution in [0.25, 0.3) is 0 Å². The van der Waals surface area contributed by atoms with E-state index in [0.717, 1.165) is 6.07 Å². The standard InChI is InChI=1S/C28H18BrClFNO5/c29-19-11-22(34)25-18(26(19)35)10-17-15(23(25)12-1-8-21(33)20(31)9-12)6-7-16-24(17)28(37)32(27(16)36)14-4-2-13(30)3-5-14/h1-6,8-9,11,16-17,23-24,33H,7,10H2/t16-,17+,23-,24-/m0/s1. The number of aromatic hydroxyl groups is 1. The number of phenols is 1. The monoisotopic (exact) mass is 581 g/mol. The summed E-state index contributed by atoms with van der Waals surface area (Å²) in [6.45, 7) is 0. The summed E-state index contributed by atoms with van der Waals surface area (Å²) in [7, 11) is 0. The zero-order valence-corrected chi connectivity index (χ0v) is 21.4. The van der Waals surface area contributed by atoms with E-state index >= 15 is 0 Å². The maximum Gasteiger partial charge on any atom is 0.238 e. The second-order valence-corrected chi connectivity index (χ2v) is 10.9. The Morgan fingerprint density at radius 2 is 1.73 bits per heavy atom. The minimum Gasteiger partial charge on any atom is -0.505 e. The van der Waals surface area contributed by atoms with E-state index in [1.54, 1.807) is 24.3 Å². The first-order chi connectivity index (χ1) is 17.7. The Morgan fingerprint density at radius 1 is 1.00 bits per heavy atom. The molecule has 6 rings (SSSR count). The number of amides is 2. The fourth-order valence-electron chi connectivity index (χ4n) is 6.13. The third-order valence-corrected chi connectivity index (χ3v) is 8.56. The average Bonchev–Trinajstić information content (AvgIpc) is 3.13. The van der Waals surface area contributed by atoms with E-state index in [2.05, 4.69) is 15.9 Å². The minimum absolute atomic E-state index is 0.111. The van der Waals surface area contributed by atoms with Gasteiger partial charge in [-0.3, -0.25) is 24.1 Å². The van der Waals surface area contributed by atoms with E-state index in [0.29, 0.717) is 21.8 Å². The number of anilines is 1. The number of halogens is 3. The fraction of sp³-hybridized carbons (Fsp3) is 0.214. The highest BCUT2D eigenvalue weighted by Gasteiger charge is 2.56. The first-order valence-corrected chi connectivity index (χ1v) is 12.9. The summed E-state index contributed by atoms with van der Waals surface area (Å²) in [6.07, 6.45) is 3.45. The Morgan fingerprint density at radius 3 is 2.43 bits per heavy atom. The molecule has 0 unspecified atom stereocenters. The van der Waals surface area contributed by atoms with E-state index in [4.69, 9.17) is 11.6 Å². The average molecular weight is 583 g/mol. The van der Waals surface area contributed by atoms with Gasteiger partial charge >= 0.3 is 0 Å². The van der Waals surface area contributed by atoms with Crippen molar-refractivity contribution in [2.45, 2.75) is 18.8 Å². The normalized spacial score (nSPS) is 27.1. The lowest BCUT2D eigenvalue weighted by Gasteiger charge is -2.42. The molecule has 0 radical (unpaired) electrons. The molecular formula is C28H18BrClFNO5. The van der Waals surface area contributed by atoms with Crippen molar-refractivity contribution < 1.29 is 28.7 Å². The molecule has 9 heteroatoms. The summed E-state index contributed by atoms with van der Waals surface area (Å²) in [5.41, 5.74) is 2.00. The topological polar surface area (TPSA) is 91.8 Å². The van der Waals surface area contributed by atoms with Crippen molar-refractivity contribution in [2.75, 3.05) is 4.90 Å². The Bertz CT molecular complexity index is 1530. The van der Waals surface area contributed by atoms with Crippen LogP contribution in [-0.4, -0.2) is 28.5 Å². The number of allylic oxidation sites excluding steroid dienone is 6. The Kier molecular flexibility index (Phi) is 5.58. The molecule has 2 aromatic carbocycles. The number of hydrogen-bond donors (Lipinski definition) is 1. The summed E-state index contributed by atoms with van der Waals surface area (Å²) in [5.74, 6) is -5.53. The van der Waals surface area contributed by atoms with Crippen molar-refractivity contribution in [1.82, 2.24) is 0 Å². The fourth-order valence-corrected chi connectivity index (χ4v) is 6.71. The lowest BCUT2D eigenvalue weighted by atomic mass is 9.59. The van der Waals surface area contributed by atoms with E-state index < -0.39 is 35.2 Å². The molecule has 37 heavy (non-hydrogen) atoms. The summed E-state index contributed by atoms with van der Waals surface area (Å²) in [6, 6.07) is 10.3. The van der Waals surface area contributed by atoms with Crippen molar-refractivity contribution in [3.05, 3.63) is 92.2 Å². The number of ketones is 2. The van der Waals surface area contributed by atoms with Gasteiger partial charge in [-0.2, -0.15) is 0 Å². The SMILES string of the molecule is O=C1C=C(Br)C(=O)C2=C1[C@@H](c1ccc(O)c(F)c1)C1=CC[C@@H]3C(=O)N(c4ccc(Cl)cc4)C(=O)[C@@H]3[C@@H]1C2. The molecule has 2 aromatic rings. The molecule has 1 N–H and O–H groups in total. The van der Waals surface area contributed by atoms with E-state index in [1.165, 1.54) is 23.1 Å². The molecule has 0 saturated carbocycles. The van der Waals surface area contributed by atoms with Gasteiger partial charge in [0.25, 0.3) is 0 Å². The predicted molar refractivity (Wildman–Crippen MR) is 137 cm³/mol. The predicted octanol–water partition coefficient (Wildman–Crippen LogP) is 5.15. The Hall–Kier alpha value is -3.36. The molecule has 4 aliphatic rings. The van der Waals surface area contributed by atoms with Crippen molar-refractivity contribution >= 4 is 56.6 Å². The van der Waals surface area contributed by atoms with Crippen LogP contribution in [-0.2, 0) is 19.2 Å². The number of imide groups is 1. The molecule has 4 atom stereocenters. The van der Waals surface area contributed by atoms with Crippen molar-refractivity contribution in [2.24, 2.45) is 17.8 Å².